The largest absolute Gasteiger partial charge is 0.379 e. The van der Waals surface area contributed by atoms with Crippen molar-refractivity contribution in [2.75, 3.05) is 32.8 Å². The van der Waals surface area contributed by atoms with Gasteiger partial charge in [0.2, 0.25) is 5.91 Å². The molecule has 116 valence electrons. The van der Waals surface area contributed by atoms with E-state index in [1.54, 1.807) is 0 Å². The Morgan fingerprint density at radius 2 is 1.95 bits per heavy atom. The number of carbonyl (C=O) groups is 1. The maximum atomic E-state index is 12.6. The van der Waals surface area contributed by atoms with Gasteiger partial charge < -0.3 is 9.64 Å². The zero-order valence-electron chi connectivity index (χ0n) is 13.3. The van der Waals surface area contributed by atoms with Gasteiger partial charge in [-0.3, -0.25) is 15.0 Å². The van der Waals surface area contributed by atoms with Crippen LogP contribution in [-0.2, 0) is 9.53 Å². The van der Waals surface area contributed by atoms with Crippen LogP contribution in [-0.4, -0.2) is 66.8 Å². The highest BCUT2D eigenvalue weighted by Gasteiger charge is 2.39. The number of ether oxygens (including phenoxy) is 1. The number of hydrogen-bond donors (Lipinski definition) is 1. The molecule has 0 aromatic rings. The maximum Gasteiger partial charge on any atom is 0.241 e. The third-order valence-electron chi connectivity index (χ3n) is 4.22. The number of morpholine rings is 1. The molecule has 0 radical (unpaired) electrons. The minimum Gasteiger partial charge on any atom is -0.379 e. The van der Waals surface area contributed by atoms with Gasteiger partial charge in [0, 0.05) is 25.7 Å². The van der Waals surface area contributed by atoms with Crippen LogP contribution in [0.25, 0.3) is 0 Å². The average molecular weight is 283 g/mol. The van der Waals surface area contributed by atoms with E-state index in [0.29, 0.717) is 5.92 Å². The molecule has 0 saturated carbocycles. The van der Waals surface area contributed by atoms with E-state index in [1.165, 1.54) is 0 Å². The first-order valence-electron chi connectivity index (χ1n) is 7.87. The first-order chi connectivity index (χ1) is 9.49. The number of hydrogen-bond acceptors (Lipinski definition) is 4. The molecule has 3 atom stereocenters. The van der Waals surface area contributed by atoms with Crippen LogP contribution >= 0.6 is 0 Å². The first-order valence-corrected chi connectivity index (χ1v) is 7.87. The summed E-state index contributed by atoms with van der Waals surface area (Å²) < 4.78 is 5.38. The molecule has 2 rings (SSSR count). The molecule has 2 aliphatic heterocycles. The lowest BCUT2D eigenvalue weighted by Crippen LogP contribution is -2.49. The Kier molecular flexibility index (Phi) is 5.41. The van der Waals surface area contributed by atoms with Crippen LogP contribution in [0, 0.1) is 5.92 Å². The molecule has 0 aromatic heterocycles. The van der Waals surface area contributed by atoms with E-state index in [2.05, 4.69) is 37.9 Å². The fraction of sp³-hybridized carbons (Fsp3) is 0.933. The summed E-state index contributed by atoms with van der Waals surface area (Å²) in [5.74, 6) is 0.810. The summed E-state index contributed by atoms with van der Waals surface area (Å²) in [6.45, 7) is 13.1. The van der Waals surface area contributed by atoms with E-state index in [1.807, 2.05) is 4.90 Å². The second-order valence-electron chi connectivity index (χ2n) is 6.53. The Morgan fingerprint density at radius 3 is 2.55 bits per heavy atom. The maximum absolute atomic E-state index is 12.6. The fourth-order valence-electron chi connectivity index (χ4n) is 3.30. The van der Waals surface area contributed by atoms with Crippen LogP contribution in [0.15, 0.2) is 0 Å². The summed E-state index contributed by atoms with van der Waals surface area (Å²) in [5.41, 5.74) is 0. The molecular weight excluding hydrogens is 254 g/mol. The Morgan fingerprint density at radius 1 is 1.30 bits per heavy atom. The van der Waals surface area contributed by atoms with Crippen molar-refractivity contribution in [2.24, 2.45) is 5.92 Å². The molecule has 5 nitrogen and oxygen atoms in total. The minimum absolute atomic E-state index is 0.00265. The number of amides is 1. The molecule has 0 aromatic carbocycles. The van der Waals surface area contributed by atoms with Gasteiger partial charge in [-0.2, -0.15) is 0 Å². The topological polar surface area (TPSA) is 44.8 Å². The monoisotopic (exact) mass is 283 g/mol. The highest BCUT2D eigenvalue weighted by Crippen LogP contribution is 2.20. The van der Waals surface area contributed by atoms with Gasteiger partial charge in [-0.1, -0.05) is 13.8 Å². The molecule has 3 unspecified atom stereocenters. The molecule has 2 saturated heterocycles. The van der Waals surface area contributed by atoms with E-state index < -0.39 is 0 Å². The summed E-state index contributed by atoms with van der Waals surface area (Å²) in [5, 5.41) is 3.44. The van der Waals surface area contributed by atoms with Crippen molar-refractivity contribution in [3.63, 3.8) is 0 Å². The van der Waals surface area contributed by atoms with Crippen molar-refractivity contribution in [1.29, 1.82) is 0 Å². The normalized spacial score (nSPS) is 30.2. The zero-order valence-corrected chi connectivity index (χ0v) is 13.3. The van der Waals surface area contributed by atoms with Crippen LogP contribution in [0.3, 0.4) is 0 Å². The zero-order chi connectivity index (χ0) is 14.7. The SMILES string of the molecule is CC(C)CC1NC(C)N(C(C)CN2CCOCC2)C1=O. The van der Waals surface area contributed by atoms with Gasteiger partial charge in [0.05, 0.1) is 25.4 Å². The van der Waals surface area contributed by atoms with E-state index in [4.69, 9.17) is 4.74 Å². The van der Waals surface area contributed by atoms with E-state index in [-0.39, 0.29) is 24.2 Å². The minimum atomic E-state index is -0.00265. The quantitative estimate of drug-likeness (QED) is 0.814. The Balaban J connectivity index is 1.91. The summed E-state index contributed by atoms with van der Waals surface area (Å²) >= 11 is 0. The predicted octanol–water partition coefficient (Wildman–Crippen LogP) is 0.900. The molecule has 0 spiro atoms. The molecule has 1 amide bonds. The Bertz CT molecular complexity index is 329. The fourth-order valence-corrected chi connectivity index (χ4v) is 3.30. The molecule has 0 aliphatic carbocycles. The van der Waals surface area contributed by atoms with Gasteiger partial charge in [0.1, 0.15) is 0 Å². The molecule has 2 fully saturated rings. The van der Waals surface area contributed by atoms with Crippen molar-refractivity contribution in [3.8, 4) is 0 Å². The van der Waals surface area contributed by atoms with Crippen LogP contribution in [0.2, 0.25) is 0 Å². The van der Waals surface area contributed by atoms with Crippen LogP contribution < -0.4 is 5.32 Å². The standard InChI is InChI=1S/C15H29N3O2/c1-11(2)9-14-15(19)18(13(4)16-14)12(3)10-17-5-7-20-8-6-17/h11-14,16H,5-10H2,1-4H3. The van der Waals surface area contributed by atoms with Crippen LogP contribution in [0.4, 0.5) is 0 Å². The summed E-state index contributed by atoms with van der Waals surface area (Å²) in [4.78, 5) is 17.0. The third-order valence-corrected chi connectivity index (χ3v) is 4.22. The molecule has 20 heavy (non-hydrogen) atoms. The van der Waals surface area contributed by atoms with Crippen molar-refractivity contribution < 1.29 is 9.53 Å². The van der Waals surface area contributed by atoms with Crippen molar-refractivity contribution >= 4 is 5.91 Å². The number of nitrogens with one attached hydrogen (secondary N) is 1. The van der Waals surface area contributed by atoms with Crippen molar-refractivity contribution in [3.05, 3.63) is 0 Å². The molecule has 0 bridgehead atoms. The summed E-state index contributed by atoms with van der Waals surface area (Å²) in [7, 11) is 0. The Hall–Kier alpha value is -0.650. The van der Waals surface area contributed by atoms with Crippen molar-refractivity contribution in [2.45, 2.75) is 52.4 Å². The van der Waals surface area contributed by atoms with Gasteiger partial charge >= 0.3 is 0 Å². The van der Waals surface area contributed by atoms with Crippen molar-refractivity contribution in [1.82, 2.24) is 15.1 Å². The Labute approximate surface area is 122 Å². The second-order valence-corrected chi connectivity index (χ2v) is 6.53. The number of carbonyl (C=O) groups excluding carboxylic acids is 1. The molecule has 2 heterocycles. The average Bonchev–Trinajstić information content (AvgIpc) is 2.64. The lowest BCUT2D eigenvalue weighted by Gasteiger charge is -2.34. The van der Waals surface area contributed by atoms with Crippen LogP contribution in [0.1, 0.15) is 34.1 Å². The van der Waals surface area contributed by atoms with Gasteiger partial charge in [-0.25, -0.2) is 0 Å². The highest BCUT2D eigenvalue weighted by molar-refractivity contribution is 5.84. The smallest absolute Gasteiger partial charge is 0.241 e. The predicted molar refractivity (Wildman–Crippen MR) is 79.4 cm³/mol. The number of nitrogens with zero attached hydrogens (tertiary/aromatic N) is 2. The van der Waals surface area contributed by atoms with Gasteiger partial charge in [0.25, 0.3) is 0 Å². The van der Waals surface area contributed by atoms with E-state index >= 15 is 0 Å². The summed E-state index contributed by atoms with van der Waals surface area (Å²) in [6, 6.07) is 0.248. The molecule has 5 heteroatoms. The van der Waals surface area contributed by atoms with Gasteiger partial charge in [-0.05, 0) is 26.2 Å². The summed E-state index contributed by atoms with van der Waals surface area (Å²) in [6.07, 6.45) is 1.06. The molecule has 2 aliphatic rings. The van der Waals surface area contributed by atoms with Gasteiger partial charge in [-0.15, -0.1) is 0 Å². The lowest BCUT2D eigenvalue weighted by molar-refractivity contribution is -0.132. The lowest BCUT2D eigenvalue weighted by atomic mass is 10.0. The third kappa shape index (κ3) is 3.71. The molecule has 1 N–H and O–H groups in total. The number of rotatable bonds is 5. The van der Waals surface area contributed by atoms with E-state index in [0.717, 1.165) is 39.3 Å². The first kappa shape index (κ1) is 15.7. The highest BCUT2D eigenvalue weighted by atomic mass is 16.5. The molecular formula is C15H29N3O2. The van der Waals surface area contributed by atoms with Crippen LogP contribution in [0.5, 0.6) is 0 Å². The van der Waals surface area contributed by atoms with Gasteiger partial charge in [0.15, 0.2) is 0 Å². The van der Waals surface area contributed by atoms with E-state index in [9.17, 15) is 4.79 Å². The second kappa shape index (κ2) is 6.87.